The fourth-order valence-corrected chi connectivity index (χ4v) is 4.10. The summed E-state index contributed by atoms with van der Waals surface area (Å²) in [4.78, 5) is 0.789. The van der Waals surface area contributed by atoms with Crippen LogP contribution < -0.4 is 0 Å². The molecule has 6 nitrogen and oxygen atoms in total. The summed E-state index contributed by atoms with van der Waals surface area (Å²) in [6.07, 6.45) is 0.705. The molecule has 0 N–H and O–H groups in total. The van der Waals surface area contributed by atoms with Crippen LogP contribution in [0.3, 0.4) is 0 Å². The van der Waals surface area contributed by atoms with Crippen LogP contribution in [0.15, 0.2) is 34.8 Å². The summed E-state index contributed by atoms with van der Waals surface area (Å²) in [5.41, 5.74) is 3.09. The highest BCUT2D eigenvalue weighted by Crippen LogP contribution is 2.33. The number of hydrogen-bond acceptors (Lipinski definition) is 5. The fraction of sp³-hybridized carbons (Fsp3) is 0.200. The Morgan fingerprint density at radius 1 is 1.13 bits per heavy atom. The van der Waals surface area contributed by atoms with Gasteiger partial charge in [-0.15, -0.1) is 10.2 Å². The molecule has 0 radical (unpaired) electrons. The van der Waals surface area contributed by atoms with Crippen molar-refractivity contribution in [2.75, 3.05) is 0 Å². The second-order valence-corrected chi connectivity index (χ2v) is 7.00. The highest BCUT2D eigenvalue weighted by atomic mass is 79.9. The SMILES string of the molecule is Cc1nn(C)c(-c2nn3c(Cc4ccccc4)nnc3s2)c1Br. The van der Waals surface area contributed by atoms with Crippen LogP contribution in [-0.4, -0.2) is 29.6 Å². The zero-order valence-electron chi connectivity index (χ0n) is 12.6. The maximum atomic E-state index is 4.69. The average Bonchev–Trinajstić information content (AvgIpc) is 3.16. The number of nitrogens with zero attached hydrogens (tertiary/aromatic N) is 6. The molecule has 0 spiro atoms. The van der Waals surface area contributed by atoms with E-state index in [9.17, 15) is 0 Å². The Balaban J connectivity index is 1.77. The Hall–Kier alpha value is -2.06. The van der Waals surface area contributed by atoms with Gasteiger partial charge in [0.25, 0.3) is 0 Å². The van der Waals surface area contributed by atoms with Gasteiger partial charge >= 0.3 is 0 Å². The van der Waals surface area contributed by atoms with Gasteiger partial charge in [0.2, 0.25) is 4.96 Å². The van der Waals surface area contributed by atoms with Crippen molar-refractivity contribution >= 4 is 32.2 Å². The molecule has 0 fully saturated rings. The largest absolute Gasteiger partial charge is 0.264 e. The molecule has 8 heteroatoms. The Kier molecular flexibility index (Phi) is 3.50. The van der Waals surface area contributed by atoms with Crippen LogP contribution in [0.2, 0.25) is 0 Å². The zero-order valence-corrected chi connectivity index (χ0v) is 15.0. The minimum atomic E-state index is 0.705. The maximum absolute atomic E-state index is 4.69. The van der Waals surface area contributed by atoms with E-state index in [0.29, 0.717) is 6.42 Å². The highest BCUT2D eigenvalue weighted by molar-refractivity contribution is 9.10. The molecule has 0 amide bonds. The summed E-state index contributed by atoms with van der Waals surface area (Å²) < 4.78 is 4.62. The molecule has 3 heterocycles. The fourth-order valence-electron chi connectivity index (χ4n) is 2.51. The van der Waals surface area contributed by atoms with Gasteiger partial charge in [0, 0.05) is 13.5 Å². The molecule has 0 aliphatic carbocycles. The third-order valence-corrected chi connectivity index (χ3v) is 5.47. The third kappa shape index (κ3) is 2.47. The monoisotopic (exact) mass is 388 g/mol. The van der Waals surface area contributed by atoms with E-state index in [1.165, 1.54) is 16.9 Å². The molecular formula is C15H13BrN6S. The van der Waals surface area contributed by atoms with Gasteiger partial charge in [-0.3, -0.25) is 4.68 Å². The summed E-state index contributed by atoms with van der Waals surface area (Å²) >= 11 is 5.10. The van der Waals surface area contributed by atoms with E-state index in [2.05, 4.69) is 43.4 Å². The first-order valence-electron chi connectivity index (χ1n) is 7.08. The van der Waals surface area contributed by atoms with Gasteiger partial charge in [0.15, 0.2) is 10.8 Å². The Labute approximate surface area is 144 Å². The van der Waals surface area contributed by atoms with Crippen molar-refractivity contribution in [2.24, 2.45) is 7.05 Å². The highest BCUT2D eigenvalue weighted by Gasteiger charge is 2.19. The number of aryl methyl sites for hydroxylation is 2. The first-order chi connectivity index (χ1) is 11.1. The number of aromatic nitrogens is 6. The van der Waals surface area contributed by atoms with E-state index in [4.69, 9.17) is 5.10 Å². The van der Waals surface area contributed by atoms with Crippen LogP contribution in [0.25, 0.3) is 15.7 Å². The first kappa shape index (κ1) is 14.5. The van der Waals surface area contributed by atoms with E-state index in [1.54, 1.807) is 0 Å². The van der Waals surface area contributed by atoms with Crippen molar-refractivity contribution in [3.8, 4) is 10.7 Å². The molecule has 116 valence electrons. The van der Waals surface area contributed by atoms with Gasteiger partial charge in [0.05, 0.1) is 10.2 Å². The number of benzene rings is 1. The lowest BCUT2D eigenvalue weighted by molar-refractivity contribution is 0.759. The summed E-state index contributed by atoms with van der Waals surface area (Å²) in [6.45, 7) is 1.97. The third-order valence-electron chi connectivity index (χ3n) is 3.61. The second-order valence-electron chi connectivity index (χ2n) is 5.25. The molecule has 0 aliphatic rings. The Bertz CT molecular complexity index is 984. The molecule has 0 saturated heterocycles. The average molecular weight is 389 g/mol. The molecule has 0 unspecified atom stereocenters. The van der Waals surface area contributed by atoms with Crippen LogP contribution in [0.5, 0.6) is 0 Å². The van der Waals surface area contributed by atoms with Crippen molar-refractivity contribution < 1.29 is 0 Å². The topological polar surface area (TPSA) is 60.9 Å². The first-order valence-corrected chi connectivity index (χ1v) is 8.69. The summed E-state index contributed by atoms with van der Waals surface area (Å²) in [5, 5.41) is 18.5. The molecule has 3 aromatic heterocycles. The van der Waals surface area contributed by atoms with Gasteiger partial charge in [-0.1, -0.05) is 41.7 Å². The van der Waals surface area contributed by atoms with Gasteiger partial charge in [-0.05, 0) is 28.4 Å². The molecule has 0 aliphatic heterocycles. The molecule has 4 aromatic rings. The molecule has 23 heavy (non-hydrogen) atoms. The minimum absolute atomic E-state index is 0.705. The predicted octanol–water partition coefficient (Wildman–Crippen LogP) is 3.25. The second kappa shape index (κ2) is 5.54. The van der Waals surface area contributed by atoms with Crippen LogP contribution in [0.1, 0.15) is 17.1 Å². The lowest BCUT2D eigenvalue weighted by atomic mass is 10.1. The van der Waals surface area contributed by atoms with Gasteiger partial charge in [-0.25, -0.2) is 0 Å². The van der Waals surface area contributed by atoms with E-state index in [0.717, 1.165) is 31.7 Å². The normalized spacial score (nSPS) is 11.4. The molecule has 4 rings (SSSR count). The zero-order chi connectivity index (χ0) is 16.0. The van der Waals surface area contributed by atoms with E-state index in [1.807, 2.05) is 41.4 Å². The van der Waals surface area contributed by atoms with E-state index < -0.39 is 0 Å². The predicted molar refractivity (Wildman–Crippen MR) is 92.5 cm³/mol. The summed E-state index contributed by atoms with van der Waals surface area (Å²) in [7, 11) is 1.92. The number of rotatable bonds is 3. The molecule has 0 saturated carbocycles. The van der Waals surface area contributed by atoms with Crippen molar-refractivity contribution in [2.45, 2.75) is 13.3 Å². The van der Waals surface area contributed by atoms with Crippen LogP contribution in [0.4, 0.5) is 0 Å². The smallest absolute Gasteiger partial charge is 0.235 e. The van der Waals surface area contributed by atoms with Crippen molar-refractivity contribution in [3.63, 3.8) is 0 Å². The lowest BCUT2D eigenvalue weighted by Crippen LogP contribution is -1.99. The summed E-state index contributed by atoms with van der Waals surface area (Å²) in [6, 6.07) is 10.2. The Morgan fingerprint density at radius 2 is 1.91 bits per heavy atom. The molecule has 0 bridgehead atoms. The van der Waals surface area contributed by atoms with Crippen LogP contribution >= 0.6 is 27.3 Å². The van der Waals surface area contributed by atoms with Gasteiger partial charge < -0.3 is 0 Å². The lowest BCUT2D eigenvalue weighted by Gasteiger charge is -1.98. The van der Waals surface area contributed by atoms with Gasteiger partial charge in [0.1, 0.15) is 5.69 Å². The summed E-state index contributed by atoms with van der Waals surface area (Å²) in [5.74, 6) is 0.837. The molecular weight excluding hydrogens is 376 g/mol. The Morgan fingerprint density at radius 3 is 2.61 bits per heavy atom. The van der Waals surface area contributed by atoms with Crippen LogP contribution in [-0.2, 0) is 13.5 Å². The van der Waals surface area contributed by atoms with Crippen molar-refractivity contribution in [3.05, 3.63) is 51.9 Å². The van der Waals surface area contributed by atoms with Gasteiger partial charge in [-0.2, -0.15) is 14.7 Å². The number of fused-ring (bicyclic) bond motifs is 1. The maximum Gasteiger partial charge on any atom is 0.235 e. The molecule has 1 aromatic carbocycles. The van der Waals surface area contributed by atoms with Crippen molar-refractivity contribution in [1.82, 2.24) is 29.6 Å². The standard InChI is InChI=1S/C15H13BrN6S/c1-9-12(16)13(21(2)19-9)14-20-22-11(17-18-15(22)23-14)8-10-6-4-3-5-7-10/h3-7H,8H2,1-2H3. The van der Waals surface area contributed by atoms with Crippen molar-refractivity contribution in [1.29, 1.82) is 0 Å². The molecule has 0 atom stereocenters. The van der Waals surface area contributed by atoms with E-state index >= 15 is 0 Å². The minimum Gasteiger partial charge on any atom is -0.264 e. The van der Waals surface area contributed by atoms with E-state index in [-0.39, 0.29) is 0 Å². The van der Waals surface area contributed by atoms with Crippen LogP contribution in [0, 0.1) is 6.92 Å². The number of halogens is 1. The number of hydrogen-bond donors (Lipinski definition) is 0. The quantitative estimate of drug-likeness (QED) is 0.540.